The molecule has 0 aliphatic heterocycles. The molecule has 5 nitrogen and oxygen atoms in total. The zero-order valence-electron chi connectivity index (χ0n) is 9.62. The Bertz CT molecular complexity index is 511. The minimum absolute atomic E-state index is 0.0000154. The van der Waals surface area contributed by atoms with Crippen LogP contribution in [-0.4, -0.2) is 20.0 Å². The van der Waals surface area contributed by atoms with Crippen LogP contribution >= 0.6 is 25.3 Å². The molecule has 0 atom stereocenters. The Hall–Kier alpha value is -0.860. The molecule has 0 aromatic carbocycles. The number of aromatic nitrogens is 2. The minimum Gasteiger partial charge on any atom is -0.733 e. The smallest absolute Gasteiger partial charge is 0.371 e. The van der Waals surface area contributed by atoms with E-state index in [9.17, 15) is 14.4 Å². The van der Waals surface area contributed by atoms with E-state index in [4.69, 9.17) is 0 Å². The molecule has 0 unspecified atom stereocenters. The first-order valence-electron chi connectivity index (χ1n) is 5.23. The number of carbonyl (C=O) groups is 3. The van der Waals surface area contributed by atoms with Crippen molar-refractivity contribution < 1.29 is 19.0 Å². The number of hydrogen-bond acceptors (Lipinski definition) is 4. The number of nitrogens with zero attached hydrogens (tertiary/aromatic N) is 2. The van der Waals surface area contributed by atoms with Crippen molar-refractivity contribution in [3.8, 4) is 0 Å². The topological polar surface area (TPSA) is 60.0 Å². The van der Waals surface area contributed by atoms with Gasteiger partial charge < -0.3 is 17.4 Å². The van der Waals surface area contributed by atoms with Gasteiger partial charge >= 0.3 is 11.1 Å². The van der Waals surface area contributed by atoms with Gasteiger partial charge in [0, 0.05) is 0 Å². The van der Waals surface area contributed by atoms with E-state index in [0.29, 0.717) is 6.54 Å². The second-order valence-electron chi connectivity index (χ2n) is 3.60. The molecule has 0 radical (unpaired) electrons. The van der Waals surface area contributed by atoms with E-state index in [1.165, 1.54) is 10.8 Å². The first-order valence-corrected chi connectivity index (χ1v) is 6.53. The molecule has 1 rings (SSSR count). The molecule has 0 saturated carbocycles. The van der Waals surface area contributed by atoms with Crippen LogP contribution in [-0.2, 0) is 19.2 Å². The molecule has 98 valence electrons. The summed E-state index contributed by atoms with van der Waals surface area (Å²) in [5.74, 6) is -0.0000154. The maximum atomic E-state index is 11.5. The number of unbranched alkanes of at least 4 members (excludes halogenated alkanes) is 1. The molecular weight excluding hydrogens is 292 g/mol. The predicted octanol–water partition coefficient (Wildman–Crippen LogP) is 1.23. The summed E-state index contributed by atoms with van der Waals surface area (Å²) < 4.78 is 2.40. The maximum absolute atomic E-state index is 11.5. The Morgan fingerprint density at radius 1 is 1.39 bits per heavy atom. The number of carbonyl (C=O) groups excluding carboxylic acids is 3. The van der Waals surface area contributed by atoms with Gasteiger partial charge in [0.25, 0.3) is 5.12 Å². The highest BCUT2D eigenvalue weighted by molar-refractivity contribution is 7.97. The number of aryl methyl sites for hydroxylation is 1. The van der Waals surface area contributed by atoms with Gasteiger partial charge in [0.2, 0.25) is 0 Å². The van der Waals surface area contributed by atoms with Gasteiger partial charge in [0.05, 0.1) is 11.7 Å². The van der Waals surface area contributed by atoms with E-state index in [2.05, 4.69) is 37.9 Å². The molecule has 1 aromatic heterocycles. The molecule has 8 heteroatoms. The van der Waals surface area contributed by atoms with Crippen molar-refractivity contribution in [1.29, 1.82) is 0 Å². The third-order valence-corrected chi connectivity index (χ3v) is 2.96. The summed E-state index contributed by atoms with van der Waals surface area (Å²) in [6.45, 7) is 2.49. The first kappa shape index (κ1) is 15.2. The lowest BCUT2D eigenvalue weighted by Gasteiger charge is -2.00. The predicted molar refractivity (Wildman–Crippen MR) is 74.3 cm³/mol. The molecule has 0 N–H and O–H groups in total. The second kappa shape index (κ2) is 6.35. The summed E-state index contributed by atoms with van der Waals surface area (Å²) in [5, 5.41) is -2.07. The van der Waals surface area contributed by atoms with Crippen LogP contribution in [0.4, 0.5) is 4.79 Å². The van der Waals surface area contributed by atoms with Crippen LogP contribution in [0, 0.1) is 0 Å². The molecular formula is C10H12N2O3S3. The Balaban J connectivity index is 3.43. The summed E-state index contributed by atoms with van der Waals surface area (Å²) in [6, 6.07) is 0. The summed E-state index contributed by atoms with van der Waals surface area (Å²) in [6.07, 6.45) is 3.10. The van der Waals surface area contributed by atoms with Crippen LogP contribution in [0.3, 0.4) is 0 Å². The molecule has 1 heterocycles. The van der Waals surface area contributed by atoms with Crippen molar-refractivity contribution in [2.45, 2.75) is 26.3 Å². The van der Waals surface area contributed by atoms with Gasteiger partial charge in [-0.2, -0.15) is 0 Å². The molecule has 0 spiro atoms. The van der Waals surface area contributed by atoms with E-state index in [1.807, 2.05) is 6.92 Å². The number of rotatable bonds is 5. The van der Waals surface area contributed by atoms with Crippen molar-refractivity contribution in [2.75, 3.05) is 0 Å². The molecule has 1 aromatic rings. The zero-order valence-corrected chi connectivity index (χ0v) is 12.2. The lowest BCUT2D eigenvalue weighted by atomic mass is 10.3. The summed E-state index contributed by atoms with van der Waals surface area (Å²) in [4.78, 5) is 34.2. The SMILES string of the molecule is CCCC[n+]1cc(C(=O)[S-])n(C(=O)S)c1C(=O)S. The number of hydrogen-bond donors (Lipinski definition) is 2. The van der Waals surface area contributed by atoms with E-state index in [1.54, 1.807) is 0 Å². The van der Waals surface area contributed by atoms with Crippen LogP contribution in [0.25, 0.3) is 0 Å². The van der Waals surface area contributed by atoms with Crippen LogP contribution < -0.4 is 4.57 Å². The Morgan fingerprint density at radius 2 is 2.00 bits per heavy atom. The summed E-state index contributed by atoms with van der Waals surface area (Å²) in [5.41, 5.74) is -0.0431. The quantitative estimate of drug-likeness (QED) is 0.488. The van der Waals surface area contributed by atoms with Crippen LogP contribution in [0.15, 0.2) is 6.20 Å². The first-order chi connectivity index (χ1) is 8.40. The molecule has 0 aliphatic carbocycles. The third kappa shape index (κ3) is 3.12. The van der Waals surface area contributed by atoms with E-state index >= 15 is 0 Å². The van der Waals surface area contributed by atoms with Crippen molar-refractivity contribution in [3.63, 3.8) is 0 Å². The number of thiol groups is 2. The fourth-order valence-electron chi connectivity index (χ4n) is 1.56. The number of imidazole rings is 1. The highest BCUT2D eigenvalue weighted by atomic mass is 32.1. The highest BCUT2D eigenvalue weighted by Gasteiger charge is 2.31. The third-order valence-electron chi connectivity index (χ3n) is 2.35. The highest BCUT2D eigenvalue weighted by Crippen LogP contribution is 2.10. The van der Waals surface area contributed by atoms with Crippen molar-refractivity contribution >= 4 is 53.4 Å². The molecule has 0 aliphatic rings. The monoisotopic (exact) mass is 304 g/mol. The van der Waals surface area contributed by atoms with Crippen LogP contribution in [0.2, 0.25) is 0 Å². The van der Waals surface area contributed by atoms with Crippen molar-refractivity contribution in [2.24, 2.45) is 0 Å². The fraction of sp³-hybridized carbons (Fsp3) is 0.400. The molecule has 0 amide bonds. The standard InChI is InChI=1S/C10H12N2O3S3/c1-2-3-4-11-5-6(8(13)16)12(10(15)18)7(11)9(14)17/h5H,2-4H2,1H3,(H2-,13,14,15,16,17,18). The largest absolute Gasteiger partial charge is 0.733 e. The van der Waals surface area contributed by atoms with E-state index in [0.717, 1.165) is 17.4 Å². The van der Waals surface area contributed by atoms with E-state index in [-0.39, 0.29) is 11.5 Å². The van der Waals surface area contributed by atoms with Gasteiger partial charge in [-0.3, -0.25) is 4.79 Å². The van der Waals surface area contributed by atoms with Gasteiger partial charge in [-0.05, 0) is 6.42 Å². The Kier molecular flexibility index (Phi) is 5.36. The maximum Gasteiger partial charge on any atom is 0.371 e. The Labute approximate surface area is 121 Å². The van der Waals surface area contributed by atoms with Gasteiger partial charge in [-0.25, -0.2) is 9.36 Å². The summed E-state index contributed by atoms with van der Waals surface area (Å²) >= 11 is 11.9. The lowest BCUT2D eigenvalue weighted by molar-refractivity contribution is -0.697. The van der Waals surface area contributed by atoms with Gasteiger partial charge in [-0.1, -0.05) is 38.6 Å². The molecule has 0 saturated heterocycles. The average Bonchev–Trinajstić information content (AvgIpc) is 2.65. The molecule has 18 heavy (non-hydrogen) atoms. The van der Waals surface area contributed by atoms with Gasteiger partial charge in [0.1, 0.15) is 6.20 Å². The zero-order chi connectivity index (χ0) is 13.9. The molecule has 0 bridgehead atoms. The van der Waals surface area contributed by atoms with Crippen molar-refractivity contribution in [1.82, 2.24) is 4.57 Å². The van der Waals surface area contributed by atoms with Crippen LogP contribution in [0.5, 0.6) is 0 Å². The lowest BCUT2D eigenvalue weighted by Crippen LogP contribution is -2.39. The van der Waals surface area contributed by atoms with Gasteiger partial charge in [-0.15, -0.1) is 4.57 Å². The van der Waals surface area contributed by atoms with Crippen LogP contribution in [0.1, 0.15) is 40.9 Å². The fourth-order valence-corrected chi connectivity index (χ4v) is 2.14. The van der Waals surface area contributed by atoms with Gasteiger partial charge in [0.15, 0.2) is 5.69 Å². The second-order valence-corrected chi connectivity index (χ2v) is 4.76. The summed E-state index contributed by atoms with van der Waals surface area (Å²) in [7, 11) is 0. The normalized spacial score (nSPS) is 10.4. The van der Waals surface area contributed by atoms with Crippen molar-refractivity contribution in [3.05, 3.63) is 17.7 Å². The molecule has 0 fully saturated rings. The van der Waals surface area contributed by atoms with E-state index < -0.39 is 15.5 Å². The Morgan fingerprint density at radius 3 is 2.39 bits per heavy atom. The minimum atomic E-state index is -0.740. The average molecular weight is 304 g/mol.